The summed E-state index contributed by atoms with van der Waals surface area (Å²) in [4.78, 5) is 3.96. The van der Waals surface area contributed by atoms with E-state index in [-0.39, 0.29) is 6.61 Å². The van der Waals surface area contributed by atoms with E-state index in [1.54, 1.807) is 11.0 Å². The highest BCUT2D eigenvalue weighted by Gasteiger charge is 1.97. The van der Waals surface area contributed by atoms with Crippen molar-refractivity contribution in [1.82, 2.24) is 14.8 Å². The van der Waals surface area contributed by atoms with E-state index in [9.17, 15) is 0 Å². The van der Waals surface area contributed by atoms with Crippen molar-refractivity contribution < 1.29 is 9.84 Å². The number of aliphatic hydroxyl groups excluding tert-OH is 1. The smallest absolute Gasteiger partial charge is 0.164 e. The molecule has 1 aromatic heterocycles. The van der Waals surface area contributed by atoms with Gasteiger partial charge in [-0.3, -0.25) is 4.68 Å². The molecule has 0 atom stereocenters. The van der Waals surface area contributed by atoms with Gasteiger partial charge >= 0.3 is 0 Å². The third-order valence-electron chi connectivity index (χ3n) is 1.47. The van der Waals surface area contributed by atoms with Crippen LogP contribution in [0.25, 0.3) is 0 Å². The predicted octanol–water partition coefficient (Wildman–Crippen LogP) is -1.25. The average Bonchev–Trinajstić information content (AvgIpc) is 2.60. The quantitative estimate of drug-likeness (QED) is 0.542. The van der Waals surface area contributed by atoms with Gasteiger partial charge in [0.25, 0.3) is 0 Å². The molecule has 3 N–H and O–H groups in total. The zero-order valence-corrected chi connectivity index (χ0v) is 7.39. The van der Waals surface area contributed by atoms with Crippen molar-refractivity contribution in [3.05, 3.63) is 12.2 Å². The highest BCUT2D eigenvalue weighted by atomic mass is 16.5. The standard InChI is InChI=1S/C7H14N4O2/c8-5-7-9-6-11(10-7)1-3-13-4-2-12/h6,12H,1-5,8H2. The molecule has 0 unspecified atom stereocenters. The van der Waals surface area contributed by atoms with Crippen molar-refractivity contribution >= 4 is 0 Å². The monoisotopic (exact) mass is 186 g/mol. The molecule has 0 aromatic carbocycles. The van der Waals surface area contributed by atoms with Crippen LogP contribution in [0.5, 0.6) is 0 Å². The molecule has 6 nitrogen and oxygen atoms in total. The van der Waals surface area contributed by atoms with Gasteiger partial charge in [-0.25, -0.2) is 4.98 Å². The third kappa shape index (κ3) is 3.49. The van der Waals surface area contributed by atoms with Gasteiger partial charge in [0.15, 0.2) is 5.82 Å². The maximum atomic E-state index is 8.43. The summed E-state index contributed by atoms with van der Waals surface area (Å²) in [6.45, 7) is 1.91. The molecule has 0 saturated heterocycles. The number of nitrogens with zero attached hydrogens (tertiary/aromatic N) is 3. The van der Waals surface area contributed by atoms with E-state index < -0.39 is 0 Å². The SMILES string of the molecule is NCc1ncn(CCOCCO)n1. The van der Waals surface area contributed by atoms with Gasteiger partial charge in [-0.2, -0.15) is 5.10 Å². The second-order valence-electron chi connectivity index (χ2n) is 2.46. The van der Waals surface area contributed by atoms with Gasteiger partial charge in [-0.05, 0) is 0 Å². The lowest BCUT2D eigenvalue weighted by molar-refractivity contribution is 0.0853. The molecule has 1 rings (SSSR count). The minimum Gasteiger partial charge on any atom is -0.394 e. The van der Waals surface area contributed by atoms with Crippen molar-refractivity contribution in [1.29, 1.82) is 0 Å². The van der Waals surface area contributed by atoms with E-state index in [1.807, 2.05) is 0 Å². The molecule has 74 valence electrons. The van der Waals surface area contributed by atoms with E-state index in [4.69, 9.17) is 15.6 Å². The summed E-state index contributed by atoms with van der Waals surface area (Å²) in [5.74, 6) is 0.627. The van der Waals surface area contributed by atoms with Gasteiger partial charge in [0, 0.05) is 0 Å². The Hall–Kier alpha value is -0.980. The maximum absolute atomic E-state index is 8.43. The lowest BCUT2D eigenvalue weighted by Crippen LogP contribution is -2.09. The van der Waals surface area contributed by atoms with Crippen LogP contribution >= 0.6 is 0 Å². The fourth-order valence-electron chi connectivity index (χ4n) is 0.859. The van der Waals surface area contributed by atoms with Gasteiger partial charge in [0.05, 0.1) is 32.9 Å². The first-order valence-electron chi connectivity index (χ1n) is 4.14. The highest BCUT2D eigenvalue weighted by Crippen LogP contribution is 1.88. The Bertz CT molecular complexity index is 238. The van der Waals surface area contributed by atoms with Gasteiger partial charge < -0.3 is 15.6 Å². The van der Waals surface area contributed by atoms with E-state index in [2.05, 4.69) is 10.1 Å². The summed E-state index contributed by atoms with van der Waals surface area (Å²) < 4.78 is 6.73. The summed E-state index contributed by atoms with van der Waals surface area (Å²) in [7, 11) is 0. The largest absolute Gasteiger partial charge is 0.394 e. The molecule has 0 aliphatic rings. The fourth-order valence-corrected chi connectivity index (χ4v) is 0.859. The first-order valence-corrected chi connectivity index (χ1v) is 4.14. The lowest BCUT2D eigenvalue weighted by Gasteiger charge is -2.00. The Morgan fingerprint density at radius 2 is 2.38 bits per heavy atom. The number of nitrogens with two attached hydrogens (primary N) is 1. The Morgan fingerprint density at radius 3 is 3.00 bits per heavy atom. The summed E-state index contributed by atoms with van der Waals surface area (Å²) in [5, 5.41) is 12.5. The predicted molar refractivity (Wildman–Crippen MR) is 45.8 cm³/mol. The molecule has 0 aliphatic heterocycles. The van der Waals surface area contributed by atoms with Crippen molar-refractivity contribution in [2.75, 3.05) is 19.8 Å². The Balaban J connectivity index is 2.20. The van der Waals surface area contributed by atoms with Gasteiger partial charge in [-0.15, -0.1) is 0 Å². The van der Waals surface area contributed by atoms with Crippen LogP contribution in [0.1, 0.15) is 5.82 Å². The summed E-state index contributed by atoms with van der Waals surface area (Å²) in [5.41, 5.74) is 5.34. The van der Waals surface area contributed by atoms with Crippen LogP contribution in [0.15, 0.2) is 6.33 Å². The highest BCUT2D eigenvalue weighted by molar-refractivity contribution is 4.78. The Morgan fingerprint density at radius 1 is 1.54 bits per heavy atom. The molecule has 0 spiro atoms. The number of hydrogen-bond donors (Lipinski definition) is 2. The number of hydrogen-bond acceptors (Lipinski definition) is 5. The van der Waals surface area contributed by atoms with Crippen LogP contribution in [0, 0.1) is 0 Å². The van der Waals surface area contributed by atoms with Crippen molar-refractivity contribution in [2.45, 2.75) is 13.1 Å². The summed E-state index contributed by atoms with van der Waals surface area (Å²) in [6, 6.07) is 0. The molecule has 6 heteroatoms. The minimum absolute atomic E-state index is 0.0470. The minimum atomic E-state index is 0.0470. The van der Waals surface area contributed by atoms with E-state index >= 15 is 0 Å². The molecule has 13 heavy (non-hydrogen) atoms. The van der Waals surface area contributed by atoms with Crippen LogP contribution in [-0.4, -0.2) is 39.7 Å². The molecule has 0 aliphatic carbocycles. The second-order valence-corrected chi connectivity index (χ2v) is 2.46. The van der Waals surface area contributed by atoms with Crippen molar-refractivity contribution in [2.24, 2.45) is 5.73 Å². The van der Waals surface area contributed by atoms with Crippen LogP contribution in [0.3, 0.4) is 0 Å². The average molecular weight is 186 g/mol. The number of aliphatic hydroxyl groups is 1. The maximum Gasteiger partial charge on any atom is 0.164 e. The summed E-state index contributed by atoms with van der Waals surface area (Å²) >= 11 is 0. The first kappa shape index (κ1) is 10.1. The van der Waals surface area contributed by atoms with Crippen LogP contribution < -0.4 is 5.73 Å². The van der Waals surface area contributed by atoms with E-state index in [0.29, 0.717) is 32.1 Å². The molecule has 0 fully saturated rings. The van der Waals surface area contributed by atoms with Gasteiger partial charge in [0.1, 0.15) is 6.33 Å². The van der Waals surface area contributed by atoms with Crippen LogP contribution in [-0.2, 0) is 17.8 Å². The fraction of sp³-hybridized carbons (Fsp3) is 0.714. The number of ether oxygens (including phenoxy) is 1. The molecule has 1 heterocycles. The zero-order chi connectivity index (χ0) is 9.52. The molecule has 1 aromatic rings. The topological polar surface area (TPSA) is 86.2 Å². The normalized spacial score (nSPS) is 10.6. The lowest BCUT2D eigenvalue weighted by atomic mass is 10.6. The number of aromatic nitrogens is 3. The summed E-state index contributed by atoms with van der Waals surface area (Å²) in [6.07, 6.45) is 1.62. The first-order chi connectivity index (χ1) is 6.36. The van der Waals surface area contributed by atoms with Gasteiger partial charge in [-0.1, -0.05) is 0 Å². The van der Waals surface area contributed by atoms with Crippen molar-refractivity contribution in [3.8, 4) is 0 Å². The van der Waals surface area contributed by atoms with E-state index in [0.717, 1.165) is 0 Å². The molecular weight excluding hydrogens is 172 g/mol. The van der Waals surface area contributed by atoms with Crippen LogP contribution in [0.2, 0.25) is 0 Å². The van der Waals surface area contributed by atoms with E-state index in [1.165, 1.54) is 0 Å². The third-order valence-corrected chi connectivity index (χ3v) is 1.47. The van der Waals surface area contributed by atoms with Gasteiger partial charge in [0.2, 0.25) is 0 Å². The Labute approximate surface area is 76.3 Å². The second kappa shape index (κ2) is 5.63. The van der Waals surface area contributed by atoms with Crippen molar-refractivity contribution in [3.63, 3.8) is 0 Å². The Kier molecular flexibility index (Phi) is 4.37. The molecule has 0 bridgehead atoms. The zero-order valence-electron chi connectivity index (χ0n) is 7.39. The number of rotatable bonds is 6. The molecule has 0 amide bonds. The van der Waals surface area contributed by atoms with Crippen LogP contribution in [0.4, 0.5) is 0 Å². The molecule has 0 radical (unpaired) electrons. The molecule has 0 saturated carbocycles. The molecular formula is C7H14N4O2.